The van der Waals surface area contributed by atoms with Crippen molar-refractivity contribution in [3.63, 3.8) is 0 Å². The molecule has 2 aliphatic heterocycles. The summed E-state index contributed by atoms with van der Waals surface area (Å²) >= 11 is 0. The van der Waals surface area contributed by atoms with Gasteiger partial charge >= 0.3 is 0 Å². The zero-order chi connectivity index (χ0) is 13.3. The number of hydrogen-bond acceptors (Lipinski definition) is 4. The summed E-state index contributed by atoms with van der Waals surface area (Å²) < 4.78 is 5.32. The molecule has 1 fully saturated rings. The first-order valence-electron chi connectivity index (χ1n) is 7.34. The molecule has 1 saturated heterocycles. The van der Waals surface area contributed by atoms with Crippen LogP contribution in [0.4, 0.5) is 0 Å². The first-order valence-corrected chi connectivity index (χ1v) is 7.34. The van der Waals surface area contributed by atoms with Crippen molar-refractivity contribution in [1.82, 2.24) is 15.5 Å². The molecule has 0 radical (unpaired) electrons. The number of morpholine rings is 1. The number of hydrogen-bond donors (Lipinski definition) is 2. The summed E-state index contributed by atoms with van der Waals surface area (Å²) in [5, 5.41) is 6.09. The van der Waals surface area contributed by atoms with Crippen LogP contribution in [0.1, 0.15) is 19.3 Å². The Morgan fingerprint density at radius 1 is 1.32 bits per heavy atom. The van der Waals surface area contributed by atoms with Crippen molar-refractivity contribution >= 4 is 5.91 Å². The van der Waals surface area contributed by atoms with E-state index in [0.29, 0.717) is 0 Å². The second kappa shape index (κ2) is 8.30. The lowest BCUT2D eigenvalue weighted by Gasteiger charge is -2.26. The number of carbonyl (C=O) groups is 1. The third-order valence-corrected chi connectivity index (χ3v) is 3.62. The van der Waals surface area contributed by atoms with E-state index in [-0.39, 0.29) is 11.9 Å². The quantitative estimate of drug-likeness (QED) is 0.509. The van der Waals surface area contributed by atoms with Crippen molar-refractivity contribution in [1.29, 1.82) is 0 Å². The van der Waals surface area contributed by atoms with Crippen LogP contribution in [0.25, 0.3) is 0 Å². The fourth-order valence-electron chi connectivity index (χ4n) is 2.43. The van der Waals surface area contributed by atoms with Gasteiger partial charge in [-0.2, -0.15) is 0 Å². The molecule has 0 aromatic rings. The van der Waals surface area contributed by atoms with E-state index in [0.717, 1.165) is 52.4 Å². The summed E-state index contributed by atoms with van der Waals surface area (Å²) in [6.45, 7) is 6.62. The van der Waals surface area contributed by atoms with Crippen LogP contribution < -0.4 is 10.6 Å². The van der Waals surface area contributed by atoms with Crippen LogP contribution in [0.3, 0.4) is 0 Å². The molecule has 5 heteroatoms. The molecule has 5 nitrogen and oxygen atoms in total. The first kappa shape index (κ1) is 14.5. The van der Waals surface area contributed by atoms with Gasteiger partial charge in [-0.3, -0.25) is 15.0 Å². The van der Waals surface area contributed by atoms with Crippen molar-refractivity contribution < 1.29 is 9.53 Å². The molecule has 0 aromatic carbocycles. The summed E-state index contributed by atoms with van der Waals surface area (Å²) in [5.41, 5.74) is 0. The molecular formula is C14H25N3O2. The summed E-state index contributed by atoms with van der Waals surface area (Å²) in [4.78, 5) is 14.1. The SMILES string of the molecule is O=C(NCCCCCN1CCOCC1)C1C=CCN1. The van der Waals surface area contributed by atoms with Crippen molar-refractivity contribution in [2.45, 2.75) is 25.3 Å². The third kappa shape index (κ3) is 5.30. The Morgan fingerprint density at radius 3 is 2.89 bits per heavy atom. The summed E-state index contributed by atoms with van der Waals surface area (Å²) in [6, 6.07) is -0.117. The summed E-state index contributed by atoms with van der Waals surface area (Å²) in [5.74, 6) is 0.0990. The fraction of sp³-hybridized carbons (Fsp3) is 0.786. The van der Waals surface area contributed by atoms with Crippen LogP contribution in [0, 0.1) is 0 Å². The number of amides is 1. The van der Waals surface area contributed by atoms with Gasteiger partial charge in [-0.25, -0.2) is 0 Å². The van der Waals surface area contributed by atoms with Gasteiger partial charge in [0.05, 0.1) is 13.2 Å². The second-order valence-electron chi connectivity index (χ2n) is 5.12. The maximum atomic E-state index is 11.7. The van der Waals surface area contributed by atoms with Gasteiger partial charge in [-0.15, -0.1) is 0 Å². The number of nitrogens with zero attached hydrogens (tertiary/aromatic N) is 1. The Labute approximate surface area is 115 Å². The molecule has 2 N–H and O–H groups in total. The van der Waals surface area contributed by atoms with E-state index in [2.05, 4.69) is 15.5 Å². The van der Waals surface area contributed by atoms with Gasteiger partial charge in [0.15, 0.2) is 0 Å². The third-order valence-electron chi connectivity index (χ3n) is 3.62. The molecule has 2 rings (SSSR count). The van der Waals surface area contributed by atoms with E-state index in [9.17, 15) is 4.79 Å². The number of unbranched alkanes of at least 4 members (excludes halogenated alkanes) is 2. The molecule has 1 amide bonds. The first-order chi connectivity index (χ1) is 9.36. The van der Waals surface area contributed by atoms with Gasteiger partial charge in [-0.1, -0.05) is 18.6 Å². The molecule has 19 heavy (non-hydrogen) atoms. The largest absolute Gasteiger partial charge is 0.379 e. The van der Waals surface area contributed by atoms with Crippen molar-refractivity contribution in [2.24, 2.45) is 0 Å². The number of rotatable bonds is 7. The maximum absolute atomic E-state index is 11.7. The zero-order valence-electron chi connectivity index (χ0n) is 11.6. The predicted molar refractivity (Wildman–Crippen MR) is 75.1 cm³/mol. The molecule has 0 aliphatic carbocycles. The highest BCUT2D eigenvalue weighted by molar-refractivity contribution is 5.84. The maximum Gasteiger partial charge on any atom is 0.241 e. The van der Waals surface area contributed by atoms with Gasteiger partial charge in [0.2, 0.25) is 5.91 Å². The van der Waals surface area contributed by atoms with Gasteiger partial charge in [0.1, 0.15) is 6.04 Å². The van der Waals surface area contributed by atoms with Crippen LogP contribution in [-0.2, 0) is 9.53 Å². The Morgan fingerprint density at radius 2 is 2.16 bits per heavy atom. The lowest BCUT2D eigenvalue weighted by atomic mass is 10.2. The molecular weight excluding hydrogens is 242 g/mol. The molecule has 0 saturated carbocycles. The van der Waals surface area contributed by atoms with Crippen LogP contribution in [0.2, 0.25) is 0 Å². The van der Waals surface area contributed by atoms with E-state index in [1.807, 2.05) is 12.2 Å². The number of nitrogens with one attached hydrogen (secondary N) is 2. The highest BCUT2D eigenvalue weighted by atomic mass is 16.5. The van der Waals surface area contributed by atoms with Crippen LogP contribution >= 0.6 is 0 Å². The average molecular weight is 267 g/mol. The highest BCUT2D eigenvalue weighted by Gasteiger charge is 2.16. The lowest BCUT2D eigenvalue weighted by Crippen LogP contribution is -2.40. The lowest BCUT2D eigenvalue weighted by molar-refractivity contribution is -0.121. The van der Waals surface area contributed by atoms with Crippen LogP contribution in [-0.4, -0.2) is 62.8 Å². The van der Waals surface area contributed by atoms with Gasteiger partial charge < -0.3 is 10.1 Å². The summed E-state index contributed by atoms with van der Waals surface area (Å²) in [6.07, 6.45) is 7.36. The van der Waals surface area contributed by atoms with Gasteiger partial charge in [0.25, 0.3) is 0 Å². The molecule has 108 valence electrons. The fourth-order valence-corrected chi connectivity index (χ4v) is 2.43. The summed E-state index contributed by atoms with van der Waals surface area (Å²) in [7, 11) is 0. The molecule has 0 bridgehead atoms. The van der Waals surface area contributed by atoms with E-state index in [1.54, 1.807) is 0 Å². The molecule has 2 heterocycles. The van der Waals surface area contributed by atoms with E-state index < -0.39 is 0 Å². The minimum atomic E-state index is -0.117. The number of ether oxygens (including phenoxy) is 1. The smallest absolute Gasteiger partial charge is 0.241 e. The van der Waals surface area contributed by atoms with Crippen molar-refractivity contribution in [3.05, 3.63) is 12.2 Å². The highest BCUT2D eigenvalue weighted by Crippen LogP contribution is 2.02. The number of carbonyl (C=O) groups excluding carboxylic acids is 1. The Kier molecular flexibility index (Phi) is 6.33. The van der Waals surface area contributed by atoms with E-state index in [1.165, 1.54) is 12.8 Å². The monoisotopic (exact) mass is 267 g/mol. The topological polar surface area (TPSA) is 53.6 Å². The molecule has 1 unspecified atom stereocenters. The average Bonchev–Trinajstić information content (AvgIpc) is 2.98. The molecule has 0 aromatic heterocycles. The van der Waals surface area contributed by atoms with E-state index in [4.69, 9.17) is 4.74 Å². The van der Waals surface area contributed by atoms with Crippen molar-refractivity contribution in [2.75, 3.05) is 45.9 Å². The Bertz CT molecular complexity index is 301. The van der Waals surface area contributed by atoms with Crippen molar-refractivity contribution in [3.8, 4) is 0 Å². The minimum absolute atomic E-state index is 0.0990. The predicted octanol–water partition coefficient (Wildman–Crippen LogP) is 0.133. The molecule has 2 aliphatic rings. The minimum Gasteiger partial charge on any atom is -0.379 e. The van der Waals surface area contributed by atoms with E-state index >= 15 is 0 Å². The molecule has 0 spiro atoms. The standard InChI is InChI=1S/C14H25N3O2/c18-14(13-5-4-7-15-13)16-6-2-1-3-8-17-9-11-19-12-10-17/h4-5,13,15H,1-3,6-12H2,(H,16,18). The second-order valence-corrected chi connectivity index (χ2v) is 5.12. The normalized spacial score (nSPS) is 23.7. The molecule has 1 atom stereocenters. The van der Waals surface area contributed by atoms with Gasteiger partial charge in [-0.05, 0) is 19.4 Å². The Hall–Kier alpha value is -0.910. The zero-order valence-corrected chi connectivity index (χ0v) is 11.6. The van der Waals surface area contributed by atoms with Gasteiger partial charge in [0, 0.05) is 26.2 Å². The van der Waals surface area contributed by atoms with Crippen LogP contribution in [0.15, 0.2) is 12.2 Å². The van der Waals surface area contributed by atoms with Crippen LogP contribution in [0.5, 0.6) is 0 Å². The Balaban J connectivity index is 1.43.